The van der Waals surface area contributed by atoms with Gasteiger partial charge in [0.2, 0.25) is 0 Å². The predicted molar refractivity (Wildman–Crippen MR) is 163 cm³/mol. The minimum atomic E-state index is -1.06. The van der Waals surface area contributed by atoms with Crippen LogP contribution in [0.25, 0.3) is 22.3 Å². The van der Waals surface area contributed by atoms with Crippen molar-refractivity contribution in [3.63, 3.8) is 0 Å². The number of nitrogens with zero attached hydrogens (tertiary/aromatic N) is 1. The molecule has 224 valence electrons. The zero-order chi connectivity index (χ0) is 30.3. The van der Waals surface area contributed by atoms with Crippen LogP contribution in [0.2, 0.25) is 0 Å². The van der Waals surface area contributed by atoms with E-state index in [0.29, 0.717) is 23.6 Å². The second-order valence-corrected chi connectivity index (χ2v) is 12.7. The van der Waals surface area contributed by atoms with Crippen molar-refractivity contribution in [3.8, 4) is 28.0 Å². The van der Waals surface area contributed by atoms with Gasteiger partial charge in [-0.1, -0.05) is 18.2 Å². The van der Waals surface area contributed by atoms with Gasteiger partial charge < -0.3 is 19.5 Å². The van der Waals surface area contributed by atoms with Crippen molar-refractivity contribution in [1.82, 2.24) is 10.3 Å². The van der Waals surface area contributed by atoms with E-state index in [2.05, 4.69) is 23.5 Å². The van der Waals surface area contributed by atoms with Crippen molar-refractivity contribution in [2.75, 3.05) is 13.2 Å². The number of carbonyl (C=O) groups excluding carboxylic acids is 1. The number of carbonyl (C=O) groups is 1. The van der Waals surface area contributed by atoms with E-state index >= 15 is 4.39 Å². The first kappa shape index (κ1) is 30.2. The van der Waals surface area contributed by atoms with Crippen molar-refractivity contribution >= 4 is 5.97 Å². The molecule has 0 bridgehead atoms. The Labute approximate surface area is 249 Å². The number of halogens is 1. The highest BCUT2D eigenvalue weighted by molar-refractivity contribution is 5.93. The number of nitrogens with one attached hydrogen (secondary N) is 1. The summed E-state index contributed by atoms with van der Waals surface area (Å²) in [5, 5.41) is 3.44. The molecule has 5 rings (SSSR count). The van der Waals surface area contributed by atoms with E-state index in [1.54, 1.807) is 6.07 Å². The first-order valence-corrected chi connectivity index (χ1v) is 15.0. The highest BCUT2D eigenvalue weighted by Gasteiger charge is 2.36. The monoisotopic (exact) mass is 574 g/mol. The van der Waals surface area contributed by atoms with Crippen LogP contribution in [-0.2, 0) is 33.7 Å². The molecule has 0 spiro atoms. The average molecular weight is 575 g/mol. The van der Waals surface area contributed by atoms with Gasteiger partial charge in [0.15, 0.2) is 17.7 Å². The van der Waals surface area contributed by atoms with Crippen LogP contribution in [-0.4, -0.2) is 35.8 Å². The Morgan fingerprint density at radius 2 is 1.81 bits per heavy atom. The molecule has 2 aliphatic rings. The Morgan fingerprint density at radius 1 is 1.05 bits per heavy atom. The lowest BCUT2D eigenvalue weighted by atomic mass is 9.82. The first-order chi connectivity index (χ1) is 19.9. The van der Waals surface area contributed by atoms with E-state index in [1.165, 1.54) is 11.1 Å². The summed E-state index contributed by atoms with van der Waals surface area (Å²) in [5.41, 5.74) is 9.08. The van der Waals surface area contributed by atoms with Crippen LogP contribution in [0.15, 0.2) is 24.3 Å². The Balaban J connectivity index is 1.87. The molecule has 3 aromatic rings. The number of rotatable bonds is 6. The van der Waals surface area contributed by atoms with Gasteiger partial charge in [0.05, 0.1) is 18.3 Å². The predicted octanol–water partition coefficient (Wildman–Crippen LogP) is 7.26. The van der Waals surface area contributed by atoms with Gasteiger partial charge in [-0.05, 0) is 121 Å². The van der Waals surface area contributed by atoms with Crippen LogP contribution < -0.4 is 10.1 Å². The van der Waals surface area contributed by atoms with Crippen LogP contribution in [0, 0.1) is 26.6 Å². The fourth-order valence-corrected chi connectivity index (χ4v) is 6.24. The van der Waals surface area contributed by atoms with Crippen LogP contribution >= 0.6 is 0 Å². The zero-order valence-electron chi connectivity index (χ0n) is 26.2. The maximum Gasteiger partial charge on any atom is 0.340 e. The van der Waals surface area contributed by atoms with Gasteiger partial charge in [-0.3, -0.25) is 4.98 Å². The van der Waals surface area contributed by atoms with Gasteiger partial charge in [-0.2, -0.15) is 0 Å². The van der Waals surface area contributed by atoms with Crippen molar-refractivity contribution in [2.45, 2.75) is 99.0 Å². The van der Waals surface area contributed by atoms with E-state index < -0.39 is 23.5 Å². The molecule has 1 N–H and O–H groups in total. The van der Waals surface area contributed by atoms with Crippen molar-refractivity contribution in [3.05, 3.63) is 69.3 Å². The maximum atomic E-state index is 15.8. The molecule has 2 aliphatic heterocycles. The molecule has 42 heavy (non-hydrogen) atoms. The number of ether oxygens (including phenoxy) is 3. The molecule has 0 amide bonds. The Bertz CT molecular complexity index is 1520. The molecule has 1 unspecified atom stereocenters. The minimum Gasteiger partial charge on any atom is -0.490 e. The molecular formula is C35H43FN2O4. The zero-order valence-corrected chi connectivity index (χ0v) is 26.2. The first-order valence-electron chi connectivity index (χ1n) is 15.0. The van der Waals surface area contributed by atoms with E-state index in [4.69, 9.17) is 19.2 Å². The number of fused-ring (bicyclic) bond motifs is 2. The highest BCUT2D eigenvalue weighted by Crippen LogP contribution is 2.47. The summed E-state index contributed by atoms with van der Waals surface area (Å²) in [5.74, 6) is -0.559. The van der Waals surface area contributed by atoms with Crippen LogP contribution in [0.3, 0.4) is 0 Å². The number of aryl methyl sites for hydroxylation is 2. The van der Waals surface area contributed by atoms with Crippen molar-refractivity contribution in [2.24, 2.45) is 0 Å². The SMILES string of the molecule is Cc1nc(C)c(C(OC(C)(C)C)C(=O)OC(C)C)c(-c2cc(F)c3c(c2C)CCCO3)c1-c1ccc2c(c1)CCNC2. The molecule has 3 heterocycles. The van der Waals surface area contributed by atoms with E-state index in [0.717, 1.165) is 71.4 Å². The normalized spacial score (nSPS) is 15.6. The number of esters is 1. The maximum absolute atomic E-state index is 15.8. The lowest BCUT2D eigenvalue weighted by molar-refractivity contribution is -0.171. The third kappa shape index (κ3) is 5.95. The van der Waals surface area contributed by atoms with Gasteiger partial charge in [0, 0.05) is 34.6 Å². The van der Waals surface area contributed by atoms with Gasteiger partial charge in [-0.25, -0.2) is 9.18 Å². The molecule has 1 aromatic heterocycles. The Kier molecular flexibility index (Phi) is 8.46. The number of hydrogen-bond acceptors (Lipinski definition) is 6. The van der Waals surface area contributed by atoms with E-state index in [-0.39, 0.29) is 6.10 Å². The van der Waals surface area contributed by atoms with Gasteiger partial charge in [-0.15, -0.1) is 0 Å². The molecule has 2 aromatic carbocycles. The number of pyridine rings is 1. The molecule has 0 radical (unpaired) electrons. The lowest BCUT2D eigenvalue weighted by Gasteiger charge is -2.31. The van der Waals surface area contributed by atoms with Crippen molar-refractivity contribution < 1.29 is 23.4 Å². The molecule has 0 saturated carbocycles. The number of aromatic nitrogens is 1. The van der Waals surface area contributed by atoms with E-state index in [9.17, 15) is 4.79 Å². The van der Waals surface area contributed by atoms with Crippen LogP contribution in [0.4, 0.5) is 4.39 Å². The van der Waals surface area contributed by atoms with Crippen LogP contribution in [0.5, 0.6) is 5.75 Å². The molecule has 0 aliphatic carbocycles. The molecule has 7 heteroatoms. The Morgan fingerprint density at radius 3 is 2.52 bits per heavy atom. The summed E-state index contributed by atoms with van der Waals surface area (Å²) >= 11 is 0. The van der Waals surface area contributed by atoms with E-state index in [1.807, 2.05) is 55.4 Å². The summed E-state index contributed by atoms with van der Waals surface area (Å²) in [6.07, 6.45) is 1.07. The summed E-state index contributed by atoms with van der Waals surface area (Å²) in [6.45, 7) is 17.5. The van der Waals surface area contributed by atoms with Crippen LogP contribution in [0.1, 0.15) is 86.3 Å². The molecule has 6 nitrogen and oxygen atoms in total. The number of hydrogen-bond donors (Lipinski definition) is 1. The second kappa shape index (κ2) is 11.8. The smallest absolute Gasteiger partial charge is 0.340 e. The molecular weight excluding hydrogens is 531 g/mol. The third-order valence-corrected chi connectivity index (χ3v) is 7.99. The Hall–Kier alpha value is -3.29. The fourth-order valence-electron chi connectivity index (χ4n) is 6.24. The standard InChI is InChI=1S/C35H43FN2O4/c1-19(2)41-34(39)33(42-35(6,7)8)30-22(5)38-21(4)29(24-11-12-25-18-37-14-13-23(25)16-24)31(30)27-17-28(36)32-26(20(27)3)10-9-15-40-32/h11-12,16-17,19,33,37H,9-10,13-15,18H2,1-8H3. The summed E-state index contributed by atoms with van der Waals surface area (Å²) in [4.78, 5) is 18.8. The van der Waals surface area contributed by atoms with Gasteiger partial charge in [0.25, 0.3) is 0 Å². The van der Waals surface area contributed by atoms with Gasteiger partial charge in [0.1, 0.15) is 0 Å². The molecule has 0 fully saturated rings. The summed E-state index contributed by atoms with van der Waals surface area (Å²) < 4.78 is 33.9. The molecule has 1 atom stereocenters. The minimum absolute atomic E-state index is 0.330. The molecule has 0 saturated heterocycles. The summed E-state index contributed by atoms with van der Waals surface area (Å²) in [7, 11) is 0. The average Bonchev–Trinajstić information content (AvgIpc) is 2.92. The largest absolute Gasteiger partial charge is 0.490 e. The van der Waals surface area contributed by atoms with Gasteiger partial charge >= 0.3 is 5.97 Å². The lowest BCUT2D eigenvalue weighted by Crippen LogP contribution is -2.31. The number of benzene rings is 2. The topological polar surface area (TPSA) is 69.7 Å². The fraction of sp³-hybridized carbons (Fsp3) is 0.486. The third-order valence-electron chi connectivity index (χ3n) is 7.99. The summed E-state index contributed by atoms with van der Waals surface area (Å²) in [6, 6.07) is 8.05. The highest BCUT2D eigenvalue weighted by atomic mass is 19.1. The van der Waals surface area contributed by atoms with Crippen molar-refractivity contribution in [1.29, 1.82) is 0 Å². The second-order valence-electron chi connectivity index (χ2n) is 12.7. The quantitative estimate of drug-likeness (QED) is 0.313.